The molecule has 0 spiro atoms. The largest absolute Gasteiger partial charge is 0.443 e. The van der Waals surface area contributed by atoms with Gasteiger partial charge in [0.2, 0.25) is 0 Å². The van der Waals surface area contributed by atoms with Crippen molar-refractivity contribution in [2.45, 2.75) is 13.5 Å². The lowest BCUT2D eigenvalue weighted by Gasteiger charge is -2.10. The Labute approximate surface area is 176 Å². The lowest BCUT2D eigenvalue weighted by molar-refractivity contribution is 0.571. The number of aryl methyl sites for hydroxylation is 1. The van der Waals surface area contributed by atoms with Gasteiger partial charge in [-0.15, -0.1) is 5.10 Å². The number of oxazole rings is 1. The molecule has 5 aromatic rings. The minimum Gasteiger partial charge on any atom is -0.443 e. The van der Waals surface area contributed by atoms with Crippen molar-refractivity contribution < 1.29 is 4.42 Å². The molecule has 0 bridgehead atoms. The molecular weight excluding hydrogens is 392 g/mol. The quantitative estimate of drug-likeness (QED) is 0.479. The summed E-state index contributed by atoms with van der Waals surface area (Å²) in [6.45, 7) is 2.20. The minimum absolute atomic E-state index is 0.214. The van der Waals surface area contributed by atoms with E-state index in [9.17, 15) is 5.26 Å². The Morgan fingerprint density at radius 3 is 2.61 bits per heavy atom. The van der Waals surface area contributed by atoms with Crippen molar-refractivity contribution in [1.29, 1.82) is 5.26 Å². The third-order valence-electron chi connectivity index (χ3n) is 4.91. The Bertz CT molecular complexity index is 1450. The van der Waals surface area contributed by atoms with Crippen molar-refractivity contribution in [2.75, 3.05) is 5.73 Å². The summed E-state index contributed by atoms with van der Waals surface area (Å²) in [7, 11) is 0. The first kappa shape index (κ1) is 18.4. The Morgan fingerprint density at radius 1 is 1.06 bits per heavy atom. The van der Waals surface area contributed by atoms with Gasteiger partial charge >= 0.3 is 0 Å². The summed E-state index contributed by atoms with van der Waals surface area (Å²) in [6.07, 6.45) is 3.08. The second-order valence-electron chi connectivity index (χ2n) is 6.89. The molecule has 0 unspecified atom stereocenters. The van der Waals surface area contributed by atoms with Crippen molar-refractivity contribution in [3.8, 4) is 28.7 Å². The van der Waals surface area contributed by atoms with Gasteiger partial charge in [0, 0.05) is 11.8 Å². The smallest absolute Gasteiger partial charge is 0.181 e. The second kappa shape index (κ2) is 7.35. The summed E-state index contributed by atoms with van der Waals surface area (Å²) in [6, 6.07) is 15.0. The van der Waals surface area contributed by atoms with E-state index in [-0.39, 0.29) is 5.82 Å². The van der Waals surface area contributed by atoms with Gasteiger partial charge in [-0.1, -0.05) is 24.3 Å². The molecular formula is C22H16N8O. The van der Waals surface area contributed by atoms with Gasteiger partial charge in [-0.2, -0.15) is 15.2 Å². The first-order valence-corrected chi connectivity index (χ1v) is 9.50. The molecule has 4 heterocycles. The maximum Gasteiger partial charge on any atom is 0.181 e. The van der Waals surface area contributed by atoms with E-state index in [0.717, 1.165) is 5.69 Å². The van der Waals surface area contributed by atoms with Crippen LogP contribution in [0.4, 0.5) is 5.82 Å². The number of nitrogens with zero attached hydrogens (tertiary/aromatic N) is 7. The zero-order valence-electron chi connectivity index (χ0n) is 16.5. The molecule has 5 rings (SSSR count). The van der Waals surface area contributed by atoms with Crippen LogP contribution >= 0.6 is 0 Å². The van der Waals surface area contributed by atoms with Crippen LogP contribution in [0.3, 0.4) is 0 Å². The van der Waals surface area contributed by atoms with Crippen LogP contribution in [-0.4, -0.2) is 29.9 Å². The van der Waals surface area contributed by atoms with Crippen LogP contribution in [0.5, 0.6) is 0 Å². The van der Waals surface area contributed by atoms with E-state index in [1.165, 1.54) is 11.2 Å². The number of rotatable bonds is 4. The third-order valence-corrected chi connectivity index (χ3v) is 4.91. The van der Waals surface area contributed by atoms with Crippen molar-refractivity contribution in [3.05, 3.63) is 72.0 Å². The minimum atomic E-state index is 0.214. The predicted octanol–water partition coefficient (Wildman–Crippen LogP) is 3.35. The lowest BCUT2D eigenvalue weighted by Crippen LogP contribution is -2.05. The molecule has 0 aliphatic carbocycles. The summed E-state index contributed by atoms with van der Waals surface area (Å²) in [5.74, 6) is 0.719. The average molecular weight is 408 g/mol. The number of benzene rings is 1. The van der Waals surface area contributed by atoms with Crippen LogP contribution in [0.2, 0.25) is 0 Å². The highest BCUT2D eigenvalue weighted by atomic mass is 16.3. The predicted molar refractivity (Wildman–Crippen MR) is 113 cm³/mol. The molecule has 9 heteroatoms. The van der Waals surface area contributed by atoms with E-state index in [1.54, 1.807) is 18.3 Å². The van der Waals surface area contributed by atoms with E-state index >= 15 is 0 Å². The Balaban J connectivity index is 1.80. The van der Waals surface area contributed by atoms with Gasteiger partial charge in [0.1, 0.15) is 12.1 Å². The fourth-order valence-electron chi connectivity index (χ4n) is 3.48. The normalized spacial score (nSPS) is 11.0. The van der Waals surface area contributed by atoms with Gasteiger partial charge < -0.3 is 10.2 Å². The van der Waals surface area contributed by atoms with Crippen molar-refractivity contribution >= 4 is 16.9 Å². The Hall–Kier alpha value is -4.58. The van der Waals surface area contributed by atoms with Crippen LogP contribution in [0.25, 0.3) is 33.6 Å². The first-order chi connectivity index (χ1) is 15.2. The number of fused-ring (bicyclic) bond motifs is 1. The molecule has 9 nitrogen and oxygen atoms in total. The highest BCUT2D eigenvalue weighted by molar-refractivity contribution is 6.02. The Kier molecular flexibility index (Phi) is 4.37. The molecule has 0 atom stereocenters. The van der Waals surface area contributed by atoms with Crippen LogP contribution < -0.4 is 5.73 Å². The van der Waals surface area contributed by atoms with E-state index in [4.69, 9.17) is 10.2 Å². The summed E-state index contributed by atoms with van der Waals surface area (Å²) in [4.78, 5) is 14.7. The number of pyridine rings is 2. The number of anilines is 1. The number of nitrogen functional groups attached to an aromatic ring is 1. The molecule has 2 N–H and O–H groups in total. The van der Waals surface area contributed by atoms with E-state index in [2.05, 4.69) is 31.2 Å². The van der Waals surface area contributed by atoms with Crippen LogP contribution in [-0.2, 0) is 6.54 Å². The van der Waals surface area contributed by atoms with E-state index < -0.39 is 0 Å². The number of hydrogen-bond acceptors (Lipinski definition) is 8. The van der Waals surface area contributed by atoms with Crippen molar-refractivity contribution in [3.63, 3.8) is 0 Å². The second-order valence-corrected chi connectivity index (χ2v) is 6.89. The molecule has 0 saturated heterocycles. The number of nitrogens with two attached hydrogens (primary N) is 1. The standard InChI is InChI=1S/C22H16N8O/c1-13-21(31-12-26-13)17-18(16-8-3-2-6-14(16)10-23)27-22(24)20-19(17)28-30(29-20)11-15-7-4-5-9-25-15/h2-9,12H,11H2,1H3,(H2,24,27). The molecule has 0 fully saturated rings. The Morgan fingerprint density at radius 2 is 1.87 bits per heavy atom. The maximum atomic E-state index is 9.62. The molecule has 0 radical (unpaired) electrons. The van der Waals surface area contributed by atoms with Gasteiger partial charge in [0.25, 0.3) is 0 Å². The third kappa shape index (κ3) is 3.16. The van der Waals surface area contributed by atoms with Gasteiger partial charge in [-0.3, -0.25) is 4.98 Å². The first-order valence-electron chi connectivity index (χ1n) is 9.50. The molecule has 4 aromatic heterocycles. The van der Waals surface area contributed by atoms with Gasteiger partial charge in [0.05, 0.1) is 34.3 Å². The highest BCUT2D eigenvalue weighted by Gasteiger charge is 2.25. The molecule has 1 aromatic carbocycles. The van der Waals surface area contributed by atoms with Gasteiger partial charge in [-0.25, -0.2) is 9.97 Å². The number of nitriles is 1. The zero-order valence-corrected chi connectivity index (χ0v) is 16.5. The molecule has 0 saturated carbocycles. The topological polar surface area (TPSA) is 132 Å². The van der Waals surface area contributed by atoms with E-state index in [0.29, 0.717) is 51.4 Å². The molecule has 0 aliphatic rings. The summed E-state index contributed by atoms with van der Waals surface area (Å²) < 4.78 is 5.70. The SMILES string of the molecule is Cc1ncoc1-c1c(-c2ccccc2C#N)nc(N)c2nn(Cc3ccccn3)nc12. The average Bonchev–Trinajstić information content (AvgIpc) is 3.41. The van der Waals surface area contributed by atoms with Gasteiger partial charge in [0.15, 0.2) is 23.5 Å². The summed E-state index contributed by atoms with van der Waals surface area (Å²) in [5, 5.41) is 18.8. The maximum absolute atomic E-state index is 9.62. The summed E-state index contributed by atoms with van der Waals surface area (Å²) >= 11 is 0. The van der Waals surface area contributed by atoms with Gasteiger partial charge in [-0.05, 0) is 25.1 Å². The monoisotopic (exact) mass is 408 g/mol. The van der Waals surface area contributed by atoms with Crippen LogP contribution in [0.15, 0.2) is 59.5 Å². The molecule has 31 heavy (non-hydrogen) atoms. The van der Waals surface area contributed by atoms with E-state index in [1.807, 2.05) is 37.3 Å². The number of aromatic nitrogens is 6. The fraction of sp³-hybridized carbons (Fsp3) is 0.0909. The zero-order chi connectivity index (χ0) is 21.4. The molecule has 0 amide bonds. The summed E-state index contributed by atoms with van der Waals surface area (Å²) in [5.41, 5.74) is 10.9. The van der Waals surface area contributed by atoms with Crippen molar-refractivity contribution in [1.82, 2.24) is 29.9 Å². The van der Waals surface area contributed by atoms with Crippen LogP contribution in [0.1, 0.15) is 17.0 Å². The van der Waals surface area contributed by atoms with Crippen LogP contribution in [0, 0.1) is 18.3 Å². The molecule has 150 valence electrons. The highest BCUT2D eigenvalue weighted by Crippen LogP contribution is 2.39. The fourth-order valence-corrected chi connectivity index (χ4v) is 3.48. The molecule has 0 aliphatic heterocycles. The van der Waals surface area contributed by atoms with Crippen molar-refractivity contribution in [2.24, 2.45) is 0 Å². The lowest BCUT2D eigenvalue weighted by atomic mass is 9.98. The number of hydrogen-bond donors (Lipinski definition) is 1.